The van der Waals surface area contributed by atoms with E-state index in [1.165, 1.54) is 18.5 Å². The maximum atomic E-state index is 11.9. The Labute approximate surface area is 120 Å². The number of phenolic OH excluding ortho intramolecular Hbond substituents is 1. The zero-order chi connectivity index (χ0) is 14.4. The van der Waals surface area contributed by atoms with Crippen LogP contribution >= 0.6 is 0 Å². The molecule has 0 heterocycles. The molecule has 0 spiro atoms. The van der Waals surface area contributed by atoms with E-state index in [0.717, 1.165) is 25.7 Å². The summed E-state index contributed by atoms with van der Waals surface area (Å²) in [6.45, 7) is 0. The lowest BCUT2D eigenvalue weighted by molar-refractivity contribution is 0.0979. The van der Waals surface area contributed by atoms with Gasteiger partial charge in [-0.2, -0.15) is 0 Å². The zero-order valence-electron chi connectivity index (χ0n) is 12.1. The predicted octanol–water partition coefficient (Wildman–Crippen LogP) is 3.79. The van der Waals surface area contributed by atoms with Gasteiger partial charge < -0.3 is 10.4 Å². The summed E-state index contributed by atoms with van der Waals surface area (Å²) in [6, 6.07) is 6.51. The van der Waals surface area contributed by atoms with Crippen molar-refractivity contribution in [1.82, 2.24) is 5.32 Å². The van der Waals surface area contributed by atoms with E-state index in [1.54, 1.807) is 29.8 Å². The van der Waals surface area contributed by atoms with E-state index >= 15 is 0 Å². The van der Waals surface area contributed by atoms with Gasteiger partial charge in [0.15, 0.2) is 5.78 Å². The molecule has 3 nitrogen and oxygen atoms in total. The van der Waals surface area contributed by atoms with Gasteiger partial charge in [0.05, 0.1) is 0 Å². The van der Waals surface area contributed by atoms with Crippen LogP contribution in [0.4, 0.5) is 0 Å². The molecule has 1 fully saturated rings. The molecule has 108 valence electrons. The average molecular weight is 273 g/mol. The number of aromatic hydroxyl groups is 1. The zero-order valence-corrected chi connectivity index (χ0v) is 12.1. The Kier molecular flexibility index (Phi) is 5.22. The lowest BCUT2D eigenvalue weighted by Crippen LogP contribution is -2.06. The molecule has 0 aromatic heterocycles. The number of rotatable bonds is 8. The molecule has 3 heteroatoms. The number of ketones is 1. The van der Waals surface area contributed by atoms with Crippen LogP contribution in [0.25, 0.3) is 0 Å². The number of nitrogens with one attached hydrogen (secondary N) is 1. The topological polar surface area (TPSA) is 49.3 Å². The van der Waals surface area contributed by atoms with Crippen LogP contribution in [0.15, 0.2) is 35.5 Å². The summed E-state index contributed by atoms with van der Waals surface area (Å²) in [4.78, 5) is 11.9. The minimum atomic E-state index is 0.166. The van der Waals surface area contributed by atoms with Crippen molar-refractivity contribution in [3.8, 4) is 5.75 Å². The Morgan fingerprint density at radius 2 is 1.75 bits per heavy atom. The molecule has 0 atom stereocenters. The molecule has 1 aromatic carbocycles. The summed E-state index contributed by atoms with van der Waals surface area (Å²) in [5.74, 6) is 0.369. The van der Waals surface area contributed by atoms with Crippen molar-refractivity contribution < 1.29 is 9.90 Å². The first-order chi connectivity index (χ1) is 9.70. The van der Waals surface area contributed by atoms with Gasteiger partial charge in [0, 0.05) is 24.7 Å². The summed E-state index contributed by atoms with van der Waals surface area (Å²) in [7, 11) is 2.00. The Balaban J connectivity index is 1.64. The number of carbonyl (C=O) groups excluding carboxylic acids is 1. The number of phenols is 1. The number of unbranched alkanes of at least 4 members (excludes halogenated alkanes) is 2. The fraction of sp³-hybridized carbons (Fsp3) is 0.471. The van der Waals surface area contributed by atoms with Crippen molar-refractivity contribution in [2.24, 2.45) is 0 Å². The van der Waals surface area contributed by atoms with Crippen LogP contribution in [-0.2, 0) is 0 Å². The minimum Gasteiger partial charge on any atom is -0.508 e. The van der Waals surface area contributed by atoms with Crippen molar-refractivity contribution in [1.29, 1.82) is 0 Å². The highest BCUT2D eigenvalue weighted by atomic mass is 16.3. The van der Waals surface area contributed by atoms with Crippen LogP contribution in [0.3, 0.4) is 0 Å². The van der Waals surface area contributed by atoms with Crippen LogP contribution < -0.4 is 5.32 Å². The van der Waals surface area contributed by atoms with Crippen molar-refractivity contribution in [3.05, 3.63) is 41.1 Å². The van der Waals surface area contributed by atoms with Crippen LogP contribution in [0.1, 0.15) is 55.3 Å². The monoisotopic (exact) mass is 273 g/mol. The lowest BCUT2D eigenvalue weighted by atomic mass is 10.0. The third-order valence-corrected chi connectivity index (χ3v) is 3.75. The molecule has 20 heavy (non-hydrogen) atoms. The van der Waals surface area contributed by atoms with Gasteiger partial charge in [-0.25, -0.2) is 0 Å². The van der Waals surface area contributed by atoms with E-state index < -0.39 is 0 Å². The smallest absolute Gasteiger partial charge is 0.162 e. The molecule has 0 aliphatic heterocycles. The molecule has 2 N–H and O–H groups in total. The van der Waals surface area contributed by atoms with Crippen LogP contribution in [0.5, 0.6) is 5.75 Å². The van der Waals surface area contributed by atoms with Crippen molar-refractivity contribution in [2.45, 2.75) is 44.9 Å². The second kappa shape index (κ2) is 7.13. The van der Waals surface area contributed by atoms with E-state index in [1.807, 2.05) is 7.05 Å². The maximum absolute atomic E-state index is 11.9. The second-order valence-corrected chi connectivity index (χ2v) is 5.36. The molecule has 0 bridgehead atoms. The summed E-state index contributed by atoms with van der Waals surface area (Å²) in [5, 5.41) is 12.5. The van der Waals surface area contributed by atoms with Gasteiger partial charge in [-0.3, -0.25) is 4.79 Å². The van der Waals surface area contributed by atoms with E-state index in [2.05, 4.69) is 5.32 Å². The van der Waals surface area contributed by atoms with Crippen LogP contribution in [0, 0.1) is 0 Å². The number of hydrogen-bond donors (Lipinski definition) is 2. The first kappa shape index (κ1) is 14.6. The van der Waals surface area contributed by atoms with Crippen molar-refractivity contribution in [3.63, 3.8) is 0 Å². The molecule has 0 radical (unpaired) electrons. The van der Waals surface area contributed by atoms with Crippen molar-refractivity contribution >= 4 is 5.78 Å². The number of hydrogen-bond acceptors (Lipinski definition) is 3. The second-order valence-electron chi connectivity index (χ2n) is 5.36. The number of allylic oxidation sites excluding steroid dienone is 2. The standard InChI is InChI=1S/C17H23NO2/c1-18-16(13-7-8-13)5-3-2-4-6-17(20)14-9-11-15(19)12-10-14/h9-12,18-19H,2-8H2,1H3. The normalized spacial score (nSPS) is 13.2. The molecule has 0 unspecified atom stereocenters. The highest BCUT2D eigenvalue weighted by molar-refractivity contribution is 5.96. The molecular formula is C17H23NO2. The summed E-state index contributed by atoms with van der Waals surface area (Å²) in [5.41, 5.74) is 3.68. The third kappa shape index (κ3) is 4.41. The number of Topliss-reactive ketones (excluding diaryl/α,β-unsaturated/α-hetero) is 1. The lowest BCUT2D eigenvalue weighted by Gasteiger charge is -2.06. The molecule has 1 aliphatic carbocycles. The minimum absolute atomic E-state index is 0.166. The highest BCUT2D eigenvalue weighted by Gasteiger charge is 2.16. The molecular weight excluding hydrogens is 250 g/mol. The number of carbonyl (C=O) groups is 1. The predicted molar refractivity (Wildman–Crippen MR) is 80.8 cm³/mol. The first-order valence-electron chi connectivity index (χ1n) is 7.41. The SMILES string of the molecule is CNC(CCCCCC(=O)c1ccc(O)cc1)=C1CC1. The Morgan fingerprint density at radius 1 is 1.10 bits per heavy atom. The van der Waals surface area contributed by atoms with Crippen LogP contribution in [-0.4, -0.2) is 17.9 Å². The Morgan fingerprint density at radius 3 is 2.35 bits per heavy atom. The first-order valence-corrected chi connectivity index (χ1v) is 7.41. The van der Waals surface area contributed by atoms with Crippen LogP contribution in [0.2, 0.25) is 0 Å². The largest absolute Gasteiger partial charge is 0.508 e. The van der Waals surface area contributed by atoms with E-state index in [4.69, 9.17) is 0 Å². The van der Waals surface area contributed by atoms with E-state index in [9.17, 15) is 9.90 Å². The van der Waals surface area contributed by atoms with E-state index in [0.29, 0.717) is 12.0 Å². The van der Waals surface area contributed by atoms with Gasteiger partial charge in [0.2, 0.25) is 0 Å². The quantitative estimate of drug-likeness (QED) is 0.559. The van der Waals surface area contributed by atoms with Gasteiger partial charge in [-0.05, 0) is 56.4 Å². The number of benzene rings is 1. The molecule has 0 amide bonds. The summed E-state index contributed by atoms with van der Waals surface area (Å²) in [6.07, 6.45) is 7.39. The Bertz CT molecular complexity index is 482. The molecule has 0 saturated heterocycles. The summed E-state index contributed by atoms with van der Waals surface area (Å²) >= 11 is 0. The fourth-order valence-corrected chi connectivity index (χ4v) is 2.40. The Hall–Kier alpha value is -1.77. The molecule has 2 rings (SSSR count). The van der Waals surface area contributed by atoms with Gasteiger partial charge in [-0.15, -0.1) is 0 Å². The van der Waals surface area contributed by atoms with Crippen molar-refractivity contribution in [2.75, 3.05) is 7.05 Å². The van der Waals surface area contributed by atoms with Gasteiger partial charge in [-0.1, -0.05) is 12.0 Å². The van der Waals surface area contributed by atoms with Gasteiger partial charge >= 0.3 is 0 Å². The molecule has 1 saturated carbocycles. The fourth-order valence-electron chi connectivity index (χ4n) is 2.40. The maximum Gasteiger partial charge on any atom is 0.162 e. The molecule has 1 aromatic rings. The third-order valence-electron chi connectivity index (χ3n) is 3.75. The summed E-state index contributed by atoms with van der Waals surface area (Å²) < 4.78 is 0. The van der Waals surface area contributed by atoms with Gasteiger partial charge in [0.1, 0.15) is 5.75 Å². The van der Waals surface area contributed by atoms with Gasteiger partial charge in [0.25, 0.3) is 0 Å². The van der Waals surface area contributed by atoms with E-state index in [-0.39, 0.29) is 11.5 Å². The highest BCUT2D eigenvalue weighted by Crippen LogP contribution is 2.32. The molecule has 1 aliphatic rings. The average Bonchev–Trinajstić information content (AvgIpc) is 3.28.